The average molecular weight is 356 g/mol. The Morgan fingerprint density at radius 1 is 1.08 bits per heavy atom. The second kappa shape index (κ2) is 7.19. The van der Waals surface area contributed by atoms with Gasteiger partial charge < -0.3 is 10.1 Å². The fourth-order valence-corrected chi connectivity index (χ4v) is 2.29. The molecule has 0 aliphatic carbocycles. The number of aromatic nitrogens is 2. The predicted octanol–water partition coefficient (Wildman–Crippen LogP) is 3.15. The molecule has 0 unspecified atom stereocenters. The van der Waals surface area contributed by atoms with Crippen molar-refractivity contribution >= 4 is 23.2 Å². The van der Waals surface area contributed by atoms with E-state index < -0.39 is 11.3 Å². The van der Waals surface area contributed by atoms with Crippen molar-refractivity contribution in [3.8, 4) is 11.4 Å². The second-order valence-corrected chi connectivity index (χ2v) is 5.57. The summed E-state index contributed by atoms with van der Waals surface area (Å²) in [4.78, 5) is 24.4. The fourth-order valence-electron chi connectivity index (χ4n) is 2.17. The third kappa shape index (κ3) is 3.87. The molecule has 1 N–H and O–H groups in total. The van der Waals surface area contributed by atoms with Crippen LogP contribution in [0.15, 0.2) is 65.6 Å². The summed E-state index contributed by atoms with van der Waals surface area (Å²) >= 11 is 5.87. The minimum Gasteiger partial charge on any atom is -0.497 e. The van der Waals surface area contributed by atoms with E-state index >= 15 is 0 Å². The molecule has 0 spiro atoms. The third-order valence-corrected chi connectivity index (χ3v) is 3.71. The fraction of sp³-hybridized carbons (Fsp3) is 0.0556. The van der Waals surface area contributed by atoms with E-state index in [2.05, 4.69) is 10.4 Å². The van der Waals surface area contributed by atoms with Gasteiger partial charge in [-0.1, -0.05) is 11.6 Å². The van der Waals surface area contributed by atoms with Crippen LogP contribution in [0.1, 0.15) is 10.5 Å². The smallest absolute Gasteiger partial charge is 0.280 e. The van der Waals surface area contributed by atoms with Crippen LogP contribution in [0.2, 0.25) is 5.02 Å². The van der Waals surface area contributed by atoms with Gasteiger partial charge in [-0.2, -0.15) is 5.10 Å². The number of carbonyl (C=O) groups is 1. The van der Waals surface area contributed by atoms with Gasteiger partial charge in [0.1, 0.15) is 5.75 Å². The van der Waals surface area contributed by atoms with Gasteiger partial charge in [0.25, 0.3) is 5.91 Å². The van der Waals surface area contributed by atoms with Gasteiger partial charge in [0.2, 0.25) is 5.43 Å². The Morgan fingerprint density at radius 2 is 1.76 bits per heavy atom. The highest BCUT2D eigenvalue weighted by molar-refractivity contribution is 6.30. The quantitative estimate of drug-likeness (QED) is 0.780. The van der Waals surface area contributed by atoms with Crippen molar-refractivity contribution in [3.63, 3.8) is 0 Å². The summed E-state index contributed by atoms with van der Waals surface area (Å²) in [5.74, 6) is 0.0828. The number of rotatable bonds is 4. The van der Waals surface area contributed by atoms with E-state index in [1.807, 2.05) is 0 Å². The first-order valence-corrected chi connectivity index (χ1v) is 7.76. The maximum atomic E-state index is 12.4. The van der Waals surface area contributed by atoms with Crippen molar-refractivity contribution in [1.29, 1.82) is 0 Å². The number of hydrogen-bond donors (Lipinski definition) is 1. The molecule has 3 aromatic rings. The first-order valence-electron chi connectivity index (χ1n) is 7.38. The highest BCUT2D eigenvalue weighted by atomic mass is 35.5. The lowest BCUT2D eigenvalue weighted by Crippen LogP contribution is -2.25. The average Bonchev–Trinajstić information content (AvgIpc) is 2.63. The van der Waals surface area contributed by atoms with Crippen molar-refractivity contribution in [2.75, 3.05) is 12.4 Å². The van der Waals surface area contributed by atoms with Crippen molar-refractivity contribution in [3.05, 3.63) is 81.7 Å². The number of nitrogens with zero attached hydrogens (tertiary/aromatic N) is 2. The normalized spacial score (nSPS) is 10.3. The van der Waals surface area contributed by atoms with E-state index in [4.69, 9.17) is 16.3 Å². The molecule has 7 heteroatoms. The summed E-state index contributed by atoms with van der Waals surface area (Å²) in [7, 11) is 1.56. The summed E-state index contributed by atoms with van der Waals surface area (Å²) in [6.07, 6.45) is 1.50. The second-order valence-electron chi connectivity index (χ2n) is 5.13. The van der Waals surface area contributed by atoms with Crippen molar-refractivity contribution in [2.24, 2.45) is 0 Å². The van der Waals surface area contributed by atoms with Crippen LogP contribution in [0.3, 0.4) is 0 Å². The largest absolute Gasteiger partial charge is 0.497 e. The van der Waals surface area contributed by atoms with E-state index in [1.165, 1.54) is 16.9 Å². The molecule has 3 rings (SSSR count). The molecule has 0 aliphatic rings. The zero-order valence-corrected chi connectivity index (χ0v) is 14.0. The van der Waals surface area contributed by atoms with Crippen LogP contribution in [0.5, 0.6) is 5.75 Å². The molecule has 0 atom stereocenters. The maximum absolute atomic E-state index is 12.4. The van der Waals surface area contributed by atoms with Crippen molar-refractivity contribution in [2.45, 2.75) is 0 Å². The van der Waals surface area contributed by atoms with E-state index in [0.717, 1.165) is 0 Å². The number of hydrogen-bond acceptors (Lipinski definition) is 4. The van der Waals surface area contributed by atoms with E-state index in [-0.39, 0.29) is 5.69 Å². The molecule has 1 aromatic heterocycles. The lowest BCUT2D eigenvalue weighted by atomic mass is 10.2. The summed E-state index contributed by atoms with van der Waals surface area (Å²) in [5, 5.41) is 7.36. The number of benzene rings is 2. The highest BCUT2D eigenvalue weighted by Gasteiger charge is 2.14. The predicted molar refractivity (Wildman–Crippen MR) is 95.8 cm³/mol. The molecule has 1 heterocycles. The zero-order valence-electron chi connectivity index (χ0n) is 13.3. The van der Waals surface area contributed by atoms with Gasteiger partial charge in [0.15, 0.2) is 5.69 Å². The number of ether oxygens (including phenoxy) is 1. The Balaban J connectivity index is 1.87. The number of anilines is 1. The van der Waals surface area contributed by atoms with Crippen LogP contribution in [-0.2, 0) is 0 Å². The van der Waals surface area contributed by atoms with E-state index in [0.29, 0.717) is 22.1 Å². The van der Waals surface area contributed by atoms with Gasteiger partial charge in [-0.25, -0.2) is 4.68 Å². The number of nitrogens with one attached hydrogen (secondary N) is 1. The Morgan fingerprint density at radius 3 is 2.40 bits per heavy atom. The standard InChI is InChI=1S/C18H14ClN3O3/c1-25-15-8-4-13(5-9-15)20-18(24)17-16(23)10-11-22(21-17)14-6-2-12(19)3-7-14/h2-11H,1H3,(H,20,24). The topological polar surface area (TPSA) is 73.2 Å². The molecule has 0 fully saturated rings. The molecular formula is C18H14ClN3O3. The molecule has 0 saturated carbocycles. The molecule has 6 nitrogen and oxygen atoms in total. The zero-order chi connectivity index (χ0) is 17.8. The summed E-state index contributed by atoms with van der Waals surface area (Å²) < 4.78 is 6.51. The molecule has 25 heavy (non-hydrogen) atoms. The summed E-state index contributed by atoms with van der Waals surface area (Å²) in [6.45, 7) is 0. The van der Waals surface area contributed by atoms with E-state index in [1.54, 1.807) is 55.6 Å². The number of amides is 1. The van der Waals surface area contributed by atoms with Gasteiger partial charge in [0, 0.05) is 23.0 Å². The van der Waals surface area contributed by atoms with Crippen LogP contribution in [0.25, 0.3) is 5.69 Å². The molecule has 126 valence electrons. The number of methoxy groups -OCH3 is 1. The first-order chi connectivity index (χ1) is 12.1. The van der Waals surface area contributed by atoms with Crippen LogP contribution in [0.4, 0.5) is 5.69 Å². The molecule has 0 aliphatic heterocycles. The van der Waals surface area contributed by atoms with Gasteiger partial charge in [-0.3, -0.25) is 9.59 Å². The Labute approximate surface area is 148 Å². The van der Waals surface area contributed by atoms with Crippen LogP contribution >= 0.6 is 11.6 Å². The number of carbonyl (C=O) groups excluding carboxylic acids is 1. The number of halogens is 1. The Hall–Kier alpha value is -3.12. The van der Waals surface area contributed by atoms with Crippen molar-refractivity contribution in [1.82, 2.24) is 9.78 Å². The SMILES string of the molecule is COc1ccc(NC(=O)c2nn(-c3ccc(Cl)cc3)ccc2=O)cc1. The third-order valence-electron chi connectivity index (χ3n) is 3.46. The van der Waals surface area contributed by atoms with Gasteiger partial charge in [0.05, 0.1) is 12.8 Å². The monoisotopic (exact) mass is 355 g/mol. The minimum atomic E-state index is -0.585. The first kappa shape index (κ1) is 16.7. The minimum absolute atomic E-state index is 0.201. The molecule has 0 saturated heterocycles. The van der Waals surface area contributed by atoms with Gasteiger partial charge in [-0.15, -0.1) is 0 Å². The Kier molecular flexibility index (Phi) is 4.81. The molecular weight excluding hydrogens is 342 g/mol. The van der Waals surface area contributed by atoms with Crippen molar-refractivity contribution < 1.29 is 9.53 Å². The molecule has 1 amide bonds. The lowest BCUT2D eigenvalue weighted by molar-refractivity contribution is 0.101. The molecule has 2 aromatic carbocycles. The molecule has 0 radical (unpaired) electrons. The summed E-state index contributed by atoms with van der Waals surface area (Å²) in [5.41, 5.74) is 0.557. The van der Waals surface area contributed by atoms with Gasteiger partial charge in [-0.05, 0) is 48.5 Å². The molecule has 0 bridgehead atoms. The van der Waals surface area contributed by atoms with E-state index in [9.17, 15) is 9.59 Å². The van der Waals surface area contributed by atoms with Crippen LogP contribution < -0.4 is 15.5 Å². The summed E-state index contributed by atoms with van der Waals surface area (Å²) in [6, 6.07) is 15.0. The maximum Gasteiger partial charge on any atom is 0.280 e. The highest BCUT2D eigenvalue weighted by Crippen LogP contribution is 2.15. The lowest BCUT2D eigenvalue weighted by Gasteiger charge is -2.08. The Bertz CT molecular complexity index is 951. The van der Waals surface area contributed by atoms with Gasteiger partial charge >= 0.3 is 0 Å². The van der Waals surface area contributed by atoms with Crippen LogP contribution in [-0.4, -0.2) is 22.8 Å². The van der Waals surface area contributed by atoms with Crippen LogP contribution in [0, 0.1) is 0 Å².